The normalized spacial score (nSPS) is 16.3. The molecule has 0 amide bonds. The number of rotatable bonds is 6. The lowest BCUT2D eigenvalue weighted by molar-refractivity contribution is 0.242. The summed E-state index contributed by atoms with van der Waals surface area (Å²) >= 11 is -1.04. The monoisotopic (exact) mass is 439 g/mol. The summed E-state index contributed by atoms with van der Waals surface area (Å²) in [7, 11) is 0. The Hall–Kier alpha value is -2.64. The Bertz CT molecular complexity index is 1150. The molecule has 4 rings (SSSR count). The predicted molar refractivity (Wildman–Crippen MR) is 114 cm³/mol. The predicted octanol–water partition coefficient (Wildman–Crippen LogP) is 3.90. The van der Waals surface area contributed by atoms with Gasteiger partial charge in [-0.2, -0.15) is 9.64 Å². The van der Waals surface area contributed by atoms with Gasteiger partial charge >= 0.3 is 0 Å². The summed E-state index contributed by atoms with van der Waals surface area (Å²) in [5, 5.41) is 10.2. The zero-order valence-electron chi connectivity index (χ0n) is 16.4. The Morgan fingerprint density at radius 3 is 2.93 bits per heavy atom. The largest absolute Gasteiger partial charge is 0.760 e. The van der Waals surface area contributed by atoms with Crippen molar-refractivity contribution in [2.45, 2.75) is 38.8 Å². The molecular formula is C21H19N4O3S2-. The maximum Gasteiger partial charge on any atom is 0.173 e. The molecule has 9 heteroatoms. The number of fused-ring (bicyclic) bond motifs is 1. The third kappa shape index (κ3) is 4.13. The van der Waals surface area contributed by atoms with E-state index in [2.05, 4.69) is 15.2 Å². The molecule has 0 saturated heterocycles. The van der Waals surface area contributed by atoms with E-state index in [4.69, 9.17) is 9.72 Å². The van der Waals surface area contributed by atoms with E-state index in [-0.39, 0.29) is 12.1 Å². The molecule has 1 aliphatic rings. The number of nitrogens with zero attached hydrogens (tertiary/aromatic N) is 3. The van der Waals surface area contributed by atoms with Crippen LogP contribution in [0.2, 0.25) is 0 Å². The highest BCUT2D eigenvalue weighted by Crippen LogP contribution is 2.38. The summed E-state index contributed by atoms with van der Waals surface area (Å²) in [4.78, 5) is 4.70. The zero-order chi connectivity index (χ0) is 21.3. The molecular weight excluding hydrogens is 420 g/mol. The quantitative estimate of drug-likeness (QED) is 0.583. The third-order valence-electron chi connectivity index (χ3n) is 4.89. The van der Waals surface area contributed by atoms with Gasteiger partial charge in [-0.15, -0.1) is 0 Å². The molecule has 1 aliphatic carbocycles. The molecule has 0 radical (unpaired) electrons. The minimum atomic E-state index is -2.31. The average Bonchev–Trinajstić information content (AvgIpc) is 3.35. The van der Waals surface area contributed by atoms with Crippen molar-refractivity contribution in [3.05, 3.63) is 53.1 Å². The lowest BCUT2D eigenvalue weighted by Crippen LogP contribution is -2.21. The van der Waals surface area contributed by atoms with Crippen LogP contribution in [0.5, 0.6) is 5.75 Å². The second kappa shape index (κ2) is 8.62. The molecule has 0 aliphatic heterocycles. The van der Waals surface area contributed by atoms with Crippen molar-refractivity contribution in [3.8, 4) is 33.8 Å². The summed E-state index contributed by atoms with van der Waals surface area (Å²) < 4.78 is 34.9. The van der Waals surface area contributed by atoms with Gasteiger partial charge in [0.05, 0.1) is 11.7 Å². The summed E-state index contributed by atoms with van der Waals surface area (Å²) in [5.41, 5.74) is 4.22. The van der Waals surface area contributed by atoms with E-state index < -0.39 is 11.3 Å². The number of aromatic nitrogens is 2. The van der Waals surface area contributed by atoms with Crippen molar-refractivity contribution in [2.24, 2.45) is 0 Å². The highest BCUT2D eigenvalue weighted by molar-refractivity contribution is 7.77. The Morgan fingerprint density at radius 1 is 1.37 bits per heavy atom. The van der Waals surface area contributed by atoms with E-state index in [1.807, 2.05) is 38.1 Å². The molecule has 30 heavy (non-hydrogen) atoms. The molecule has 154 valence electrons. The second-order valence-corrected chi connectivity index (χ2v) is 8.69. The molecule has 2 aromatic carbocycles. The summed E-state index contributed by atoms with van der Waals surface area (Å²) in [5.74, 6) is 1.16. The smallest absolute Gasteiger partial charge is 0.173 e. The first kappa shape index (κ1) is 20.6. The van der Waals surface area contributed by atoms with Crippen molar-refractivity contribution >= 4 is 22.8 Å². The zero-order valence-corrected chi connectivity index (χ0v) is 18.0. The minimum Gasteiger partial charge on any atom is -0.760 e. The van der Waals surface area contributed by atoms with Crippen LogP contribution < -0.4 is 9.46 Å². The molecule has 1 unspecified atom stereocenters. The van der Waals surface area contributed by atoms with E-state index in [9.17, 15) is 14.0 Å². The molecule has 1 N–H and O–H groups in total. The van der Waals surface area contributed by atoms with Crippen LogP contribution in [0.3, 0.4) is 0 Å². The van der Waals surface area contributed by atoms with Crippen LogP contribution >= 0.6 is 11.5 Å². The minimum absolute atomic E-state index is 0.0198. The van der Waals surface area contributed by atoms with Gasteiger partial charge in [0, 0.05) is 28.4 Å². The fraction of sp³-hybridized carbons (Fsp3) is 0.286. The fourth-order valence-electron chi connectivity index (χ4n) is 3.66. The third-order valence-corrected chi connectivity index (χ3v) is 6.13. The number of benzene rings is 2. The first-order valence-electron chi connectivity index (χ1n) is 9.48. The van der Waals surface area contributed by atoms with Gasteiger partial charge in [-0.1, -0.05) is 18.2 Å². The lowest BCUT2D eigenvalue weighted by Gasteiger charge is -2.15. The first-order valence-corrected chi connectivity index (χ1v) is 11.3. The van der Waals surface area contributed by atoms with Gasteiger partial charge in [0.1, 0.15) is 16.8 Å². The van der Waals surface area contributed by atoms with Crippen LogP contribution in [0.25, 0.3) is 22.0 Å². The highest BCUT2D eigenvalue weighted by atomic mass is 32.2. The first-order chi connectivity index (χ1) is 14.5. The van der Waals surface area contributed by atoms with E-state index >= 15 is 0 Å². The van der Waals surface area contributed by atoms with Gasteiger partial charge in [-0.3, -0.25) is 4.21 Å². The topological polar surface area (TPSA) is 111 Å². The highest BCUT2D eigenvalue weighted by Gasteiger charge is 2.26. The summed E-state index contributed by atoms with van der Waals surface area (Å²) in [6, 6.07) is 13.2. The van der Waals surface area contributed by atoms with Crippen molar-refractivity contribution < 1.29 is 13.5 Å². The number of hydrogen-bond acceptors (Lipinski definition) is 7. The van der Waals surface area contributed by atoms with Gasteiger partial charge in [0.25, 0.3) is 0 Å². The summed E-state index contributed by atoms with van der Waals surface area (Å²) in [6.07, 6.45) is 1.45. The molecule has 0 spiro atoms. The van der Waals surface area contributed by atoms with E-state index in [0.29, 0.717) is 28.6 Å². The number of nitriles is 1. The van der Waals surface area contributed by atoms with Crippen LogP contribution in [0.1, 0.15) is 43.0 Å². The van der Waals surface area contributed by atoms with Crippen LogP contribution in [0.4, 0.5) is 0 Å². The molecule has 7 nitrogen and oxygen atoms in total. The van der Waals surface area contributed by atoms with Gasteiger partial charge in [0.2, 0.25) is 0 Å². The average molecular weight is 440 g/mol. The van der Waals surface area contributed by atoms with Crippen molar-refractivity contribution in [3.63, 3.8) is 0 Å². The Kier molecular flexibility index (Phi) is 5.92. The SMILES string of the molecule is CC(C)Oc1ccc(-c2nc(-c3cccc4c3CC[C@@H]4NS(=O)[O-])ns2)cc1C#N. The Morgan fingerprint density at radius 2 is 2.20 bits per heavy atom. The van der Waals surface area contributed by atoms with E-state index in [1.54, 1.807) is 12.1 Å². The molecule has 1 heterocycles. The van der Waals surface area contributed by atoms with Crippen LogP contribution in [-0.2, 0) is 17.7 Å². The maximum atomic E-state index is 11.0. The van der Waals surface area contributed by atoms with E-state index in [0.717, 1.165) is 28.7 Å². The number of nitrogens with one attached hydrogen (secondary N) is 1. The number of hydrogen-bond donors (Lipinski definition) is 1. The van der Waals surface area contributed by atoms with Crippen LogP contribution in [-0.4, -0.2) is 24.2 Å². The van der Waals surface area contributed by atoms with Gasteiger partial charge in [0.15, 0.2) is 5.82 Å². The van der Waals surface area contributed by atoms with Crippen LogP contribution in [0, 0.1) is 11.3 Å². The molecule has 0 fully saturated rings. The van der Waals surface area contributed by atoms with Crippen molar-refractivity contribution in [1.29, 1.82) is 5.26 Å². The molecule has 0 bridgehead atoms. The molecule has 3 aromatic rings. The van der Waals surface area contributed by atoms with Gasteiger partial charge in [-0.05, 0) is 67.5 Å². The molecule has 1 aromatic heterocycles. The maximum absolute atomic E-state index is 11.0. The van der Waals surface area contributed by atoms with E-state index in [1.165, 1.54) is 11.5 Å². The van der Waals surface area contributed by atoms with Crippen LogP contribution in [0.15, 0.2) is 36.4 Å². The Labute approximate surface area is 181 Å². The fourth-order valence-corrected chi connectivity index (χ4v) is 4.81. The molecule has 0 saturated carbocycles. The van der Waals surface area contributed by atoms with Crippen molar-refractivity contribution in [2.75, 3.05) is 0 Å². The standard InChI is InChI=1S/C21H20N4O3S2/c1-12(2)28-19-9-6-13(10-14(19)11-22)21-23-20(24-29-21)17-5-3-4-16-15(17)7-8-18(16)25-30(26)27/h3-6,9-10,12,18,25H,7-8H2,1-2H3,(H,26,27)/p-1/t18-/m0/s1. The molecule has 2 atom stereocenters. The number of ether oxygens (including phenoxy) is 1. The van der Waals surface area contributed by atoms with Gasteiger partial charge in [-0.25, -0.2) is 9.71 Å². The lowest BCUT2D eigenvalue weighted by atomic mass is 10.0. The Balaban J connectivity index is 1.66. The van der Waals surface area contributed by atoms with Crippen molar-refractivity contribution in [1.82, 2.24) is 14.1 Å². The second-order valence-electron chi connectivity index (χ2n) is 7.23. The van der Waals surface area contributed by atoms with Gasteiger partial charge < -0.3 is 9.29 Å². The summed E-state index contributed by atoms with van der Waals surface area (Å²) in [6.45, 7) is 3.83.